The van der Waals surface area contributed by atoms with Gasteiger partial charge in [-0.05, 0) is 41.2 Å². The van der Waals surface area contributed by atoms with Crippen LogP contribution in [0, 0.1) is 0 Å². The summed E-state index contributed by atoms with van der Waals surface area (Å²) >= 11 is 0. The number of hydrogen-bond acceptors (Lipinski definition) is 4. The van der Waals surface area contributed by atoms with Crippen molar-refractivity contribution in [2.45, 2.75) is 46.0 Å². The van der Waals surface area contributed by atoms with Gasteiger partial charge in [0.2, 0.25) is 5.78 Å². The molecule has 2 aromatic carbocycles. The molecule has 0 unspecified atom stereocenters. The summed E-state index contributed by atoms with van der Waals surface area (Å²) in [5.74, 6) is 0.0618. The first-order chi connectivity index (χ1) is 11.7. The fourth-order valence-electron chi connectivity index (χ4n) is 2.59. The van der Waals surface area contributed by atoms with E-state index >= 15 is 0 Å². The van der Waals surface area contributed by atoms with Crippen molar-refractivity contribution in [3.63, 3.8) is 0 Å². The van der Waals surface area contributed by atoms with Crippen molar-refractivity contribution in [2.75, 3.05) is 6.61 Å². The van der Waals surface area contributed by atoms with Crippen LogP contribution in [-0.4, -0.2) is 22.6 Å². The third-order valence-corrected chi connectivity index (χ3v) is 4.11. The molecule has 0 aromatic heterocycles. The molecule has 0 atom stereocenters. The zero-order chi connectivity index (χ0) is 18.6. The molecule has 0 amide bonds. The van der Waals surface area contributed by atoms with Crippen molar-refractivity contribution in [3.05, 3.63) is 53.1 Å². The van der Waals surface area contributed by atoms with Gasteiger partial charge in [0.25, 0.3) is 0 Å². The van der Waals surface area contributed by atoms with Crippen molar-refractivity contribution < 1.29 is 19.7 Å². The van der Waals surface area contributed by atoms with Gasteiger partial charge in [-0.2, -0.15) is 0 Å². The molecule has 0 heterocycles. The predicted molar refractivity (Wildman–Crippen MR) is 98.7 cm³/mol. The van der Waals surface area contributed by atoms with Crippen LogP contribution in [-0.2, 0) is 11.8 Å². The summed E-state index contributed by atoms with van der Waals surface area (Å²) in [5.41, 5.74) is 2.07. The number of aryl methyl sites for hydroxylation is 1. The molecule has 0 saturated carbocycles. The number of benzene rings is 2. The van der Waals surface area contributed by atoms with Gasteiger partial charge in [0, 0.05) is 6.07 Å². The van der Waals surface area contributed by atoms with E-state index in [1.165, 1.54) is 11.6 Å². The molecule has 0 fully saturated rings. The van der Waals surface area contributed by atoms with Crippen molar-refractivity contribution >= 4 is 5.78 Å². The molecule has 4 heteroatoms. The fraction of sp³-hybridized carbons (Fsp3) is 0.381. The standard InChI is InChI=1S/C21H26O4/c1-5-6-14-11-17(19(23)12-18(14)22)20(24)13-25-16-9-7-15(8-10-16)21(2,3)4/h7-12,22-23H,5-6,13H2,1-4H3. The Kier molecular flexibility index (Phi) is 5.73. The average Bonchev–Trinajstić information content (AvgIpc) is 2.55. The Hall–Kier alpha value is -2.49. The van der Waals surface area contributed by atoms with Crippen LogP contribution in [0.5, 0.6) is 17.2 Å². The Morgan fingerprint density at radius 3 is 2.24 bits per heavy atom. The van der Waals surface area contributed by atoms with Crippen molar-refractivity contribution in [1.29, 1.82) is 0 Å². The van der Waals surface area contributed by atoms with E-state index in [9.17, 15) is 15.0 Å². The van der Waals surface area contributed by atoms with E-state index in [-0.39, 0.29) is 34.9 Å². The number of rotatable bonds is 6. The van der Waals surface area contributed by atoms with Crippen molar-refractivity contribution in [3.8, 4) is 17.2 Å². The zero-order valence-electron chi connectivity index (χ0n) is 15.3. The summed E-state index contributed by atoms with van der Waals surface area (Å²) in [7, 11) is 0. The highest BCUT2D eigenvalue weighted by Gasteiger charge is 2.16. The molecule has 2 N–H and O–H groups in total. The molecule has 0 aliphatic carbocycles. The lowest BCUT2D eigenvalue weighted by Crippen LogP contribution is -2.13. The second-order valence-electron chi connectivity index (χ2n) is 7.23. The van der Waals surface area contributed by atoms with E-state index in [0.29, 0.717) is 17.7 Å². The lowest BCUT2D eigenvalue weighted by molar-refractivity contribution is 0.0918. The molecule has 2 aromatic rings. The molecular formula is C21H26O4. The Morgan fingerprint density at radius 2 is 1.68 bits per heavy atom. The quantitative estimate of drug-likeness (QED) is 0.752. The largest absolute Gasteiger partial charge is 0.508 e. The van der Waals surface area contributed by atoms with E-state index in [4.69, 9.17) is 4.74 Å². The highest BCUT2D eigenvalue weighted by Crippen LogP contribution is 2.29. The Morgan fingerprint density at radius 1 is 1.04 bits per heavy atom. The zero-order valence-corrected chi connectivity index (χ0v) is 15.3. The summed E-state index contributed by atoms with van der Waals surface area (Å²) in [4.78, 5) is 12.4. The summed E-state index contributed by atoms with van der Waals surface area (Å²) in [6.45, 7) is 8.21. The molecule has 4 nitrogen and oxygen atoms in total. The van der Waals surface area contributed by atoms with Crippen LogP contribution in [0.15, 0.2) is 36.4 Å². The minimum Gasteiger partial charge on any atom is -0.508 e. The molecule has 2 rings (SSSR count). The number of carbonyl (C=O) groups excluding carboxylic acids is 1. The normalized spacial score (nSPS) is 11.4. The first kappa shape index (κ1) is 18.8. The van der Waals surface area contributed by atoms with Crippen molar-refractivity contribution in [1.82, 2.24) is 0 Å². The van der Waals surface area contributed by atoms with Crippen LogP contribution in [0.1, 0.15) is 55.6 Å². The third-order valence-electron chi connectivity index (χ3n) is 4.11. The van der Waals surface area contributed by atoms with Gasteiger partial charge in [0.05, 0.1) is 5.56 Å². The first-order valence-corrected chi connectivity index (χ1v) is 8.53. The second kappa shape index (κ2) is 7.60. The number of carbonyl (C=O) groups is 1. The number of ether oxygens (including phenoxy) is 1. The molecule has 25 heavy (non-hydrogen) atoms. The summed E-state index contributed by atoms with van der Waals surface area (Å²) < 4.78 is 5.55. The third kappa shape index (κ3) is 4.75. The van der Waals surface area contributed by atoms with E-state index < -0.39 is 0 Å². The van der Waals surface area contributed by atoms with Crippen LogP contribution in [0.3, 0.4) is 0 Å². The Bertz CT molecular complexity index is 740. The molecule has 0 spiro atoms. The van der Waals surface area contributed by atoms with Crippen LogP contribution >= 0.6 is 0 Å². The van der Waals surface area contributed by atoms with Gasteiger partial charge in [0.1, 0.15) is 17.2 Å². The summed E-state index contributed by atoms with van der Waals surface area (Å²) in [6.07, 6.45) is 1.48. The number of phenols is 2. The molecular weight excluding hydrogens is 316 g/mol. The van der Waals surface area contributed by atoms with Crippen LogP contribution in [0.4, 0.5) is 0 Å². The number of Topliss-reactive ketones (excluding diaryl/α,β-unsaturated/α-hetero) is 1. The van der Waals surface area contributed by atoms with E-state index in [2.05, 4.69) is 20.8 Å². The van der Waals surface area contributed by atoms with E-state index in [0.717, 1.165) is 6.42 Å². The van der Waals surface area contributed by atoms with Gasteiger partial charge in [-0.15, -0.1) is 0 Å². The van der Waals surface area contributed by atoms with Gasteiger partial charge in [-0.3, -0.25) is 4.79 Å². The van der Waals surface area contributed by atoms with Crippen LogP contribution < -0.4 is 4.74 Å². The van der Waals surface area contributed by atoms with Crippen LogP contribution in [0.25, 0.3) is 0 Å². The smallest absolute Gasteiger partial charge is 0.203 e. The lowest BCUT2D eigenvalue weighted by atomic mass is 9.87. The van der Waals surface area contributed by atoms with Crippen LogP contribution in [0.2, 0.25) is 0 Å². The van der Waals surface area contributed by atoms with Gasteiger partial charge in [0.15, 0.2) is 6.61 Å². The number of hydrogen-bond donors (Lipinski definition) is 2. The molecule has 0 radical (unpaired) electrons. The first-order valence-electron chi connectivity index (χ1n) is 8.53. The van der Waals surface area contributed by atoms with E-state index in [1.807, 2.05) is 31.2 Å². The maximum atomic E-state index is 12.4. The predicted octanol–water partition coefficient (Wildman–Crippen LogP) is 4.61. The lowest BCUT2D eigenvalue weighted by Gasteiger charge is -2.19. The SMILES string of the molecule is CCCc1cc(C(=O)COc2ccc(C(C)(C)C)cc2)c(O)cc1O. The molecule has 0 aliphatic heterocycles. The molecule has 0 saturated heterocycles. The van der Waals surface area contributed by atoms with Gasteiger partial charge in [-0.25, -0.2) is 0 Å². The molecule has 0 aliphatic rings. The van der Waals surface area contributed by atoms with Crippen molar-refractivity contribution in [2.24, 2.45) is 0 Å². The minimum atomic E-state index is -0.324. The maximum Gasteiger partial charge on any atom is 0.203 e. The number of phenolic OH excluding ortho intramolecular Hbond substituents is 2. The van der Waals surface area contributed by atoms with E-state index in [1.54, 1.807) is 6.07 Å². The average molecular weight is 342 g/mol. The van der Waals surface area contributed by atoms with Gasteiger partial charge in [-0.1, -0.05) is 46.2 Å². The number of aromatic hydroxyl groups is 2. The molecule has 0 bridgehead atoms. The fourth-order valence-corrected chi connectivity index (χ4v) is 2.59. The summed E-state index contributed by atoms with van der Waals surface area (Å²) in [5, 5.41) is 19.8. The Balaban J connectivity index is 2.09. The van der Waals surface area contributed by atoms with Gasteiger partial charge >= 0.3 is 0 Å². The van der Waals surface area contributed by atoms with Gasteiger partial charge < -0.3 is 14.9 Å². The summed E-state index contributed by atoms with van der Waals surface area (Å²) in [6, 6.07) is 10.4. The topological polar surface area (TPSA) is 66.8 Å². The second-order valence-corrected chi connectivity index (χ2v) is 7.23. The maximum absolute atomic E-state index is 12.4. The minimum absolute atomic E-state index is 0.00888. The Labute approximate surface area is 149 Å². The highest BCUT2D eigenvalue weighted by atomic mass is 16.5. The number of ketones is 1. The molecule has 134 valence electrons. The highest BCUT2D eigenvalue weighted by molar-refractivity contribution is 6.00. The monoisotopic (exact) mass is 342 g/mol.